The molecule has 1 aromatic heterocycles. The molecule has 2 N–H and O–H groups in total. The Morgan fingerprint density at radius 3 is 2.62 bits per heavy atom. The molecule has 0 saturated carbocycles. The van der Waals surface area contributed by atoms with Crippen LogP contribution in [0.3, 0.4) is 0 Å². The third kappa shape index (κ3) is 3.48. The molecule has 8 heteroatoms. The lowest BCUT2D eigenvalue weighted by atomic mass is 10.2. The lowest BCUT2D eigenvalue weighted by molar-refractivity contribution is 0.0601. The normalized spacial score (nSPS) is 10.9. The molecule has 0 aliphatic carbocycles. The van der Waals surface area contributed by atoms with E-state index in [0.717, 1.165) is 12.3 Å². The molecule has 0 amide bonds. The minimum absolute atomic E-state index is 0.0921. The lowest BCUT2D eigenvalue weighted by Crippen LogP contribution is -2.15. The summed E-state index contributed by atoms with van der Waals surface area (Å²) >= 11 is 0. The summed E-state index contributed by atoms with van der Waals surface area (Å²) in [5.74, 6) is -0.569. The highest BCUT2D eigenvalue weighted by molar-refractivity contribution is 7.92. The van der Waals surface area contributed by atoms with Crippen LogP contribution in [0.25, 0.3) is 0 Å². The number of hydrogen-bond donors (Lipinski definition) is 2. The Balaban J connectivity index is 2.30. The van der Waals surface area contributed by atoms with Crippen LogP contribution in [0.1, 0.15) is 10.4 Å². The first-order chi connectivity index (χ1) is 9.92. The number of aromatic nitrogens is 1. The minimum Gasteiger partial charge on any atom is -0.465 e. The number of ether oxygens (including phenoxy) is 1. The van der Waals surface area contributed by atoms with Gasteiger partial charge < -0.3 is 9.72 Å². The fourth-order valence-electron chi connectivity index (χ4n) is 1.61. The fourth-order valence-corrected chi connectivity index (χ4v) is 2.62. The number of esters is 1. The van der Waals surface area contributed by atoms with Crippen molar-refractivity contribution in [2.75, 3.05) is 11.8 Å². The van der Waals surface area contributed by atoms with Gasteiger partial charge in [0.25, 0.3) is 10.0 Å². The summed E-state index contributed by atoms with van der Waals surface area (Å²) < 4.78 is 31.1. The molecule has 1 heterocycles. The zero-order chi connectivity index (χ0) is 15.5. The Labute approximate surface area is 120 Å². The predicted octanol–water partition coefficient (Wildman–Crippen LogP) is 0.962. The van der Waals surface area contributed by atoms with E-state index in [1.165, 1.54) is 37.4 Å². The van der Waals surface area contributed by atoms with Crippen LogP contribution in [0.2, 0.25) is 0 Å². The predicted molar refractivity (Wildman–Crippen MR) is 75.7 cm³/mol. The Kier molecular flexibility index (Phi) is 4.08. The number of pyridine rings is 1. The quantitative estimate of drug-likeness (QED) is 0.819. The monoisotopic (exact) mass is 308 g/mol. The van der Waals surface area contributed by atoms with E-state index in [4.69, 9.17) is 0 Å². The molecular formula is C13H12N2O5S. The number of rotatable bonds is 4. The van der Waals surface area contributed by atoms with Crippen molar-refractivity contribution in [2.24, 2.45) is 0 Å². The van der Waals surface area contributed by atoms with Crippen LogP contribution in [0, 0.1) is 0 Å². The van der Waals surface area contributed by atoms with E-state index in [1.807, 2.05) is 0 Å². The van der Waals surface area contributed by atoms with Gasteiger partial charge in [0.05, 0.1) is 12.7 Å². The molecule has 0 atom stereocenters. The molecule has 0 spiro atoms. The number of H-pyrrole nitrogens is 1. The summed E-state index contributed by atoms with van der Waals surface area (Å²) in [6.45, 7) is 0. The third-order valence-corrected chi connectivity index (χ3v) is 3.98. The number of carbonyl (C=O) groups excluding carboxylic acids is 1. The highest BCUT2D eigenvalue weighted by Crippen LogP contribution is 2.16. The molecule has 1 aromatic carbocycles. The third-order valence-electron chi connectivity index (χ3n) is 2.60. The van der Waals surface area contributed by atoms with Crippen LogP contribution in [0.15, 0.2) is 52.3 Å². The van der Waals surface area contributed by atoms with Crippen molar-refractivity contribution in [3.05, 3.63) is 58.5 Å². The van der Waals surface area contributed by atoms with Gasteiger partial charge in [-0.1, -0.05) is 6.07 Å². The maximum atomic E-state index is 12.1. The molecule has 2 rings (SSSR count). The number of aromatic amines is 1. The SMILES string of the molecule is COC(=O)c1cccc(NS(=O)(=O)c2ccc(=O)[nH]c2)c1. The molecule has 0 aliphatic rings. The van der Waals surface area contributed by atoms with Gasteiger partial charge in [-0.15, -0.1) is 0 Å². The van der Waals surface area contributed by atoms with Crippen LogP contribution in [-0.4, -0.2) is 26.5 Å². The van der Waals surface area contributed by atoms with Gasteiger partial charge >= 0.3 is 5.97 Å². The first-order valence-corrected chi connectivity index (χ1v) is 7.30. The van der Waals surface area contributed by atoms with Crippen molar-refractivity contribution in [3.63, 3.8) is 0 Å². The molecule has 0 saturated heterocycles. The second-order valence-corrected chi connectivity index (χ2v) is 5.75. The van der Waals surface area contributed by atoms with Gasteiger partial charge in [-0.2, -0.15) is 0 Å². The van der Waals surface area contributed by atoms with Crippen LogP contribution >= 0.6 is 0 Å². The maximum absolute atomic E-state index is 12.1. The Morgan fingerprint density at radius 1 is 1.24 bits per heavy atom. The fraction of sp³-hybridized carbons (Fsp3) is 0.0769. The molecule has 0 unspecified atom stereocenters. The molecule has 0 aliphatic heterocycles. The Bertz CT molecular complexity index is 806. The van der Waals surface area contributed by atoms with E-state index in [1.54, 1.807) is 0 Å². The number of hydrogen-bond acceptors (Lipinski definition) is 5. The van der Waals surface area contributed by atoms with E-state index in [2.05, 4.69) is 14.4 Å². The molecule has 21 heavy (non-hydrogen) atoms. The minimum atomic E-state index is -3.85. The summed E-state index contributed by atoms with van der Waals surface area (Å²) in [6.07, 6.45) is 1.09. The van der Waals surface area contributed by atoms with Crippen molar-refractivity contribution >= 4 is 21.7 Å². The van der Waals surface area contributed by atoms with Crippen LogP contribution in [0.4, 0.5) is 5.69 Å². The zero-order valence-electron chi connectivity index (χ0n) is 11.0. The second kappa shape index (κ2) is 5.80. The average Bonchev–Trinajstić information content (AvgIpc) is 2.46. The number of methoxy groups -OCH3 is 1. The smallest absolute Gasteiger partial charge is 0.337 e. The number of nitrogens with one attached hydrogen (secondary N) is 2. The molecule has 2 aromatic rings. The summed E-state index contributed by atoms with van der Waals surface area (Å²) in [4.78, 5) is 24.5. The molecular weight excluding hydrogens is 296 g/mol. The second-order valence-electron chi connectivity index (χ2n) is 4.07. The molecule has 0 radical (unpaired) electrons. The van der Waals surface area contributed by atoms with Gasteiger partial charge in [0.15, 0.2) is 0 Å². The van der Waals surface area contributed by atoms with E-state index < -0.39 is 21.6 Å². The summed E-state index contributed by atoms with van der Waals surface area (Å²) in [5.41, 5.74) is 0.0323. The zero-order valence-corrected chi connectivity index (χ0v) is 11.8. The van der Waals surface area contributed by atoms with E-state index in [0.29, 0.717) is 0 Å². The molecule has 0 bridgehead atoms. The summed E-state index contributed by atoms with van der Waals surface area (Å²) in [6, 6.07) is 8.18. The molecule has 7 nitrogen and oxygen atoms in total. The first kappa shape index (κ1) is 14.8. The van der Waals surface area contributed by atoms with Gasteiger partial charge in [-0.05, 0) is 24.3 Å². The summed E-state index contributed by atoms with van der Waals surface area (Å²) in [7, 11) is -2.62. The highest BCUT2D eigenvalue weighted by Gasteiger charge is 2.15. The van der Waals surface area contributed by atoms with Crippen LogP contribution in [0.5, 0.6) is 0 Å². The molecule has 110 valence electrons. The van der Waals surface area contributed by atoms with Crippen molar-refractivity contribution in [1.82, 2.24) is 4.98 Å². The average molecular weight is 308 g/mol. The van der Waals surface area contributed by atoms with Crippen molar-refractivity contribution in [1.29, 1.82) is 0 Å². The van der Waals surface area contributed by atoms with Crippen molar-refractivity contribution in [2.45, 2.75) is 4.90 Å². The van der Waals surface area contributed by atoms with Gasteiger partial charge in [0.2, 0.25) is 5.56 Å². The number of sulfonamides is 1. The topological polar surface area (TPSA) is 105 Å². The van der Waals surface area contributed by atoms with Gasteiger partial charge in [-0.25, -0.2) is 13.2 Å². The van der Waals surface area contributed by atoms with E-state index >= 15 is 0 Å². The van der Waals surface area contributed by atoms with Crippen LogP contribution in [-0.2, 0) is 14.8 Å². The number of benzene rings is 1. The molecule has 0 fully saturated rings. The van der Waals surface area contributed by atoms with Crippen molar-refractivity contribution in [3.8, 4) is 0 Å². The Morgan fingerprint density at radius 2 is 2.00 bits per heavy atom. The lowest BCUT2D eigenvalue weighted by Gasteiger charge is -2.08. The summed E-state index contributed by atoms with van der Waals surface area (Å²) in [5, 5.41) is 0. The maximum Gasteiger partial charge on any atom is 0.337 e. The number of carbonyl (C=O) groups is 1. The van der Waals surface area contributed by atoms with Gasteiger partial charge in [-0.3, -0.25) is 9.52 Å². The van der Waals surface area contributed by atoms with E-state index in [-0.39, 0.29) is 16.1 Å². The van der Waals surface area contributed by atoms with Gasteiger partial charge in [0, 0.05) is 18.0 Å². The Hall–Kier alpha value is -2.61. The van der Waals surface area contributed by atoms with E-state index in [9.17, 15) is 18.0 Å². The largest absolute Gasteiger partial charge is 0.465 e. The van der Waals surface area contributed by atoms with Gasteiger partial charge in [0.1, 0.15) is 4.90 Å². The van der Waals surface area contributed by atoms with Crippen LogP contribution < -0.4 is 10.3 Å². The first-order valence-electron chi connectivity index (χ1n) is 5.82. The number of anilines is 1. The standard InChI is InChI=1S/C13H12N2O5S/c1-20-13(17)9-3-2-4-10(7-9)15-21(18,19)11-5-6-12(16)14-8-11/h2-8,15H,1H3,(H,14,16). The van der Waals surface area contributed by atoms with Crippen molar-refractivity contribution < 1.29 is 17.9 Å². The highest BCUT2D eigenvalue weighted by atomic mass is 32.2.